The van der Waals surface area contributed by atoms with Crippen LogP contribution in [0.15, 0.2) is 0 Å². The lowest BCUT2D eigenvalue weighted by Crippen LogP contribution is -2.76. The molecule has 0 aromatic rings. The summed E-state index contributed by atoms with van der Waals surface area (Å²) < 4.78 is 16.0. The second-order valence-electron chi connectivity index (χ2n) is 9.02. The summed E-state index contributed by atoms with van der Waals surface area (Å²) in [6.07, 6.45) is 2.29. The monoisotopic (exact) mass is 327 g/mol. The van der Waals surface area contributed by atoms with Gasteiger partial charge in [-0.3, -0.25) is 0 Å². The van der Waals surface area contributed by atoms with E-state index in [1.54, 1.807) is 0 Å². The van der Waals surface area contributed by atoms with Crippen LogP contribution < -0.4 is 5.32 Å². The maximum absolute atomic E-state index is 11.8. The van der Waals surface area contributed by atoms with E-state index in [2.05, 4.69) is 5.32 Å². The largest absolute Gasteiger partial charge is 0.458 e. The molecule has 0 aromatic carbocycles. The standard InChI is InChI=1S/C17H29NO5/c1-14(2,3)22-12(19)7-21-11-16-8-17(9-16,10-16)18-13(20)23-15(4,5)6/h7-11H2,1-6H3,(H,18,20). The molecule has 6 heteroatoms. The van der Waals surface area contributed by atoms with E-state index in [4.69, 9.17) is 14.2 Å². The van der Waals surface area contributed by atoms with E-state index >= 15 is 0 Å². The second kappa shape index (κ2) is 5.65. The summed E-state index contributed by atoms with van der Waals surface area (Å²) in [6.45, 7) is 11.5. The molecule has 6 nitrogen and oxygen atoms in total. The lowest BCUT2D eigenvalue weighted by molar-refractivity contribution is -0.193. The minimum Gasteiger partial charge on any atom is -0.458 e. The molecule has 3 aliphatic carbocycles. The van der Waals surface area contributed by atoms with Gasteiger partial charge in [-0.2, -0.15) is 0 Å². The fraction of sp³-hybridized carbons (Fsp3) is 0.882. The van der Waals surface area contributed by atoms with Gasteiger partial charge in [0, 0.05) is 11.0 Å². The molecule has 3 aliphatic rings. The first-order valence-corrected chi connectivity index (χ1v) is 8.13. The first-order chi connectivity index (χ1) is 10.3. The van der Waals surface area contributed by atoms with Gasteiger partial charge in [-0.05, 0) is 60.8 Å². The van der Waals surface area contributed by atoms with Crippen LogP contribution in [-0.2, 0) is 19.0 Å². The molecular formula is C17H29NO5. The highest BCUT2D eigenvalue weighted by atomic mass is 16.6. The number of amides is 1. The van der Waals surface area contributed by atoms with Gasteiger partial charge in [0.1, 0.15) is 17.8 Å². The zero-order valence-corrected chi connectivity index (χ0v) is 15.1. The summed E-state index contributed by atoms with van der Waals surface area (Å²) in [5, 5.41) is 2.96. The summed E-state index contributed by atoms with van der Waals surface area (Å²) >= 11 is 0. The number of hydrogen-bond donors (Lipinski definition) is 1. The van der Waals surface area contributed by atoms with Crippen molar-refractivity contribution in [1.29, 1.82) is 0 Å². The van der Waals surface area contributed by atoms with Crippen LogP contribution in [0.3, 0.4) is 0 Å². The molecule has 0 atom stereocenters. The van der Waals surface area contributed by atoms with Crippen molar-refractivity contribution in [3.63, 3.8) is 0 Å². The molecule has 0 radical (unpaired) electrons. The predicted octanol–water partition coefficient (Wildman–Crippen LogP) is 2.79. The number of esters is 1. The number of hydrogen-bond acceptors (Lipinski definition) is 5. The molecule has 3 saturated carbocycles. The Morgan fingerprint density at radius 2 is 1.48 bits per heavy atom. The number of carbonyl (C=O) groups excluding carboxylic acids is 2. The van der Waals surface area contributed by atoms with Crippen LogP contribution >= 0.6 is 0 Å². The van der Waals surface area contributed by atoms with Crippen LogP contribution in [0.1, 0.15) is 60.8 Å². The van der Waals surface area contributed by atoms with Gasteiger partial charge in [-0.15, -0.1) is 0 Å². The van der Waals surface area contributed by atoms with Crippen LogP contribution in [0.2, 0.25) is 0 Å². The fourth-order valence-corrected chi connectivity index (χ4v) is 3.53. The van der Waals surface area contributed by atoms with E-state index in [1.165, 1.54) is 0 Å². The smallest absolute Gasteiger partial charge is 0.408 e. The van der Waals surface area contributed by atoms with Crippen molar-refractivity contribution in [2.75, 3.05) is 13.2 Å². The Kier molecular flexibility index (Phi) is 4.43. The predicted molar refractivity (Wildman–Crippen MR) is 85.0 cm³/mol. The highest BCUT2D eigenvalue weighted by Gasteiger charge is 2.68. The van der Waals surface area contributed by atoms with Crippen molar-refractivity contribution in [2.45, 2.75) is 77.5 Å². The second-order valence-corrected chi connectivity index (χ2v) is 9.02. The first-order valence-electron chi connectivity index (χ1n) is 8.13. The highest BCUT2D eigenvalue weighted by Crippen LogP contribution is 2.67. The van der Waals surface area contributed by atoms with Crippen molar-refractivity contribution < 1.29 is 23.8 Å². The Morgan fingerprint density at radius 1 is 0.957 bits per heavy atom. The number of nitrogens with one attached hydrogen (secondary N) is 1. The third-order valence-corrected chi connectivity index (χ3v) is 3.95. The van der Waals surface area contributed by atoms with Gasteiger partial charge in [0.15, 0.2) is 0 Å². The van der Waals surface area contributed by atoms with Crippen molar-refractivity contribution in [3.8, 4) is 0 Å². The SMILES string of the molecule is CC(C)(C)OC(=O)COCC12CC(NC(=O)OC(C)(C)C)(C1)C2. The molecule has 0 aliphatic heterocycles. The number of carbonyl (C=O) groups is 2. The molecule has 132 valence electrons. The summed E-state index contributed by atoms with van der Waals surface area (Å²) in [5.41, 5.74) is -0.991. The van der Waals surface area contributed by atoms with Gasteiger partial charge in [0.2, 0.25) is 0 Å². The Balaban J connectivity index is 1.64. The molecule has 3 fully saturated rings. The van der Waals surface area contributed by atoms with Gasteiger partial charge in [-0.1, -0.05) is 0 Å². The van der Waals surface area contributed by atoms with Crippen LogP contribution in [-0.4, -0.2) is 42.0 Å². The average Bonchev–Trinajstić information content (AvgIpc) is 2.18. The van der Waals surface area contributed by atoms with Crippen LogP contribution in [0.5, 0.6) is 0 Å². The molecule has 2 bridgehead atoms. The van der Waals surface area contributed by atoms with E-state index in [0.29, 0.717) is 6.61 Å². The maximum atomic E-state index is 11.8. The summed E-state index contributed by atoms with van der Waals surface area (Å²) in [6, 6.07) is 0. The van der Waals surface area contributed by atoms with Gasteiger partial charge >= 0.3 is 12.1 Å². The Labute approximate surface area is 138 Å². The van der Waals surface area contributed by atoms with Crippen LogP contribution in [0, 0.1) is 5.41 Å². The molecule has 3 rings (SSSR count). The first kappa shape index (κ1) is 18.0. The minimum absolute atomic E-state index is 0.0223. The zero-order valence-electron chi connectivity index (χ0n) is 15.1. The van der Waals surface area contributed by atoms with Gasteiger partial charge in [-0.25, -0.2) is 9.59 Å². The molecular weight excluding hydrogens is 298 g/mol. The number of ether oxygens (including phenoxy) is 3. The summed E-state index contributed by atoms with van der Waals surface area (Å²) in [4.78, 5) is 23.4. The third-order valence-electron chi connectivity index (χ3n) is 3.95. The van der Waals surface area contributed by atoms with Crippen molar-refractivity contribution in [3.05, 3.63) is 0 Å². The van der Waals surface area contributed by atoms with Crippen molar-refractivity contribution >= 4 is 12.1 Å². The summed E-state index contributed by atoms with van der Waals surface area (Å²) in [5.74, 6) is -0.342. The number of alkyl carbamates (subject to hydrolysis) is 1. The molecule has 0 unspecified atom stereocenters. The van der Waals surface area contributed by atoms with Crippen LogP contribution in [0.25, 0.3) is 0 Å². The lowest BCUT2D eigenvalue weighted by Gasteiger charge is -2.70. The fourth-order valence-electron chi connectivity index (χ4n) is 3.53. The minimum atomic E-state index is -0.488. The molecule has 0 heterocycles. The average molecular weight is 327 g/mol. The van der Waals surface area contributed by atoms with Crippen molar-refractivity contribution in [1.82, 2.24) is 5.32 Å². The normalized spacial score (nSPS) is 29.1. The van der Waals surface area contributed by atoms with E-state index in [-0.39, 0.29) is 29.6 Å². The van der Waals surface area contributed by atoms with E-state index < -0.39 is 11.2 Å². The quantitative estimate of drug-likeness (QED) is 0.786. The van der Waals surface area contributed by atoms with Gasteiger partial charge < -0.3 is 19.5 Å². The molecule has 0 spiro atoms. The lowest BCUT2D eigenvalue weighted by atomic mass is 9.39. The van der Waals surface area contributed by atoms with Gasteiger partial charge in [0.25, 0.3) is 0 Å². The Hall–Kier alpha value is -1.30. The molecule has 0 saturated heterocycles. The highest BCUT2D eigenvalue weighted by molar-refractivity contribution is 5.71. The van der Waals surface area contributed by atoms with E-state index in [0.717, 1.165) is 19.3 Å². The Morgan fingerprint density at radius 3 is 1.96 bits per heavy atom. The summed E-state index contributed by atoms with van der Waals surface area (Å²) in [7, 11) is 0. The molecule has 23 heavy (non-hydrogen) atoms. The van der Waals surface area contributed by atoms with Gasteiger partial charge in [0.05, 0.1) is 6.61 Å². The van der Waals surface area contributed by atoms with Crippen LogP contribution in [0.4, 0.5) is 4.79 Å². The molecule has 0 aromatic heterocycles. The topological polar surface area (TPSA) is 73.9 Å². The Bertz CT molecular complexity index is 460. The number of rotatable bonds is 5. The third kappa shape index (κ3) is 4.83. The molecule has 1 amide bonds. The maximum Gasteiger partial charge on any atom is 0.408 e. The van der Waals surface area contributed by atoms with E-state index in [9.17, 15) is 9.59 Å². The zero-order chi connectivity index (χ0) is 17.5. The molecule has 1 N–H and O–H groups in total. The van der Waals surface area contributed by atoms with Crippen molar-refractivity contribution in [2.24, 2.45) is 5.41 Å². The van der Waals surface area contributed by atoms with E-state index in [1.807, 2.05) is 41.5 Å².